The Kier molecular flexibility index (Phi) is 2.70. The Bertz CT molecular complexity index is 634. The molecule has 0 radical (unpaired) electrons. The monoisotopic (exact) mass is 312 g/mol. The van der Waals surface area contributed by atoms with E-state index in [9.17, 15) is 24.2 Å². The summed E-state index contributed by atoms with van der Waals surface area (Å²) in [7, 11) is -9.67. The van der Waals surface area contributed by atoms with Crippen molar-refractivity contribution in [2.24, 2.45) is 0 Å². The molecule has 1 amide bonds. The van der Waals surface area contributed by atoms with E-state index >= 15 is 0 Å². The number of benzene rings is 1. The topological polar surface area (TPSA) is 44.9 Å². The Morgan fingerprint density at radius 3 is 2.05 bits per heavy atom. The van der Waals surface area contributed by atoms with Gasteiger partial charge in [0.05, 0.1) is 0 Å². The molecular weight excluding hydrogens is 303 g/mol. The van der Waals surface area contributed by atoms with Crippen molar-refractivity contribution in [3.05, 3.63) is 48.3 Å². The van der Waals surface area contributed by atoms with Gasteiger partial charge in [-0.05, 0) is 36.4 Å². The quantitative estimate of drug-likeness (QED) is 0.776. The van der Waals surface area contributed by atoms with Crippen LogP contribution in [-0.2, 0) is 0 Å². The molecule has 0 aliphatic carbocycles. The highest BCUT2D eigenvalue weighted by molar-refractivity contribution is 8.45. The van der Waals surface area contributed by atoms with E-state index in [0.717, 1.165) is 12.1 Å². The molecule has 1 aromatic heterocycles. The highest BCUT2D eigenvalue weighted by atomic mass is 32.5. The Balaban J connectivity index is 2.20. The number of hydrogen-bond donors (Lipinski definition) is 2. The Morgan fingerprint density at radius 2 is 1.60 bits per heavy atom. The molecule has 0 atom stereocenters. The second kappa shape index (κ2) is 3.75. The maximum absolute atomic E-state index is 12.5. The zero-order valence-electron chi connectivity index (χ0n) is 9.75. The summed E-state index contributed by atoms with van der Waals surface area (Å²) >= 11 is 0. The third kappa shape index (κ3) is 3.29. The SMILES string of the molecule is O=C(Nc1ccc(S(F)(F)(F)(F)F)cc1)c1ccc[nH]1. The van der Waals surface area contributed by atoms with Crippen LogP contribution in [0.15, 0.2) is 47.5 Å². The summed E-state index contributed by atoms with van der Waals surface area (Å²) in [4.78, 5) is 12.2. The van der Waals surface area contributed by atoms with Crippen LogP contribution in [-0.4, -0.2) is 10.9 Å². The van der Waals surface area contributed by atoms with Gasteiger partial charge >= 0.3 is 10.2 Å². The van der Waals surface area contributed by atoms with E-state index < -0.39 is 21.0 Å². The predicted octanol–water partition coefficient (Wildman–Crippen LogP) is 4.92. The maximum atomic E-state index is 12.5. The van der Waals surface area contributed by atoms with Gasteiger partial charge < -0.3 is 10.3 Å². The average molecular weight is 312 g/mol. The lowest BCUT2D eigenvalue weighted by Gasteiger charge is -2.40. The summed E-state index contributed by atoms with van der Waals surface area (Å²) in [5, 5.41) is 2.28. The zero-order valence-corrected chi connectivity index (χ0v) is 10.6. The lowest BCUT2D eigenvalue weighted by atomic mass is 10.3. The fraction of sp³-hybridized carbons (Fsp3) is 0. The summed E-state index contributed by atoms with van der Waals surface area (Å²) < 4.78 is 62.4. The van der Waals surface area contributed by atoms with E-state index in [1.807, 2.05) is 0 Å². The largest absolute Gasteiger partial charge is 0.357 e. The van der Waals surface area contributed by atoms with Gasteiger partial charge in [-0.2, -0.15) is 0 Å². The van der Waals surface area contributed by atoms with Crippen molar-refractivity contribution in [1.29, 1.82) is 0 Å². The number of hydrogen-bond acceptors (Lipinski definition) is 1. The number of halogens is 5. The predicted molar refractivity (Wildman–Crippen MR) is 66.6 cm³/mol. The standard InChI is InChI=1S/C11H9F5N2OS/c12-20(13,14,15,16)9-5-3-8(4-6-9)18-11(19)10-2-1-7-17-10/h1-7,17H,(H,18,19). The van der Waals surface area contributed by atoms with Gasteiger partial charge in [-0.1, -0.05) is 19.4 Å². The molecule has 1 heterocycles. The summed E-state index contributed by atoms with van der Waals surface area (Å²) in [6.45, 7) is 0. The number of carbonyl (C=O) groups excluding carboxylic acids is 1. The Hall–Kier alpha value is -2.03. The second-order valence-electron chi connectivity index (χ2n) is 4.03. The minimum Gasteiger partial charge on any atom is -0.357 e. The van der Waals surface area contributed by atoms with Crippen LogP contribution in [0.25, 0.3) is 0 Å². The van der Waals surface area contributed by atoms with Gasteiger partial charge in [-0.25, -0.2) is 0 Å². The molecule has 20 heavy (non-hydrogen) atoms. The Labute approximate surface area is 110 Å². The van der Waals surface area contributed by atoms with Crippen LogP contribution in [0.5, 0.6) is 0 Å². The normalized spacial score (nSPS) is 15.2. The third-order valence-corrected chi connectivity index (χ3v) is 3.56. The van der Waals surface area contributed by atoms with E-state index in [2.05, 4.69) is 10.3 Å². The average Bonchev–Trinajstić information content (AvgIpc) is 2.79. The summed E-state index contributed by atoms with van der Waals surface area (Å²) in [6, 6.07) is 5.05. The van der Waals surface area contributed by atoms with Crippen molar-refractivity contribution in [1.82, 2.24) is 4.98 Å². The van der Waals surface area contributed by atoms with Gasteiger partial charge in [-0.3, -0.25) is 4.79 Å². The van der Waals surface area contributed by atoms with Gasteiger partial charge in [0.25, 0.3) is 5.91 Å². The molecule has 1 aromatic carbocycles. The van der Waals surface area contributed by atoms with Crippen LogP contribution >= 0.6 is 10.2 Å². The van der Waals surface area contributed by atoms with Gasteiger partial charge in [0.2, 0.25) is 0 Å². The number of amides is 1. The lowest BCUT2D eigenvalue weighted by Crippen LogP contribution is -2.12. The van der Waals surface area contributed by atoms with Crippen molar-refractivity contribution in [3.63, 3.8) is 0 Å². The highest BCUT2D eigenvalue weighted by Crippen LogP contribution is 3.02. The Morgan fingerprint density at radius 1 is 1.00 bits per heavy atom. The third-order valence-electron chi connectivity index (χ3n) is 2.40. The molecule has 2 rings (SSSR count). The molecule has 0 aliphatic rings. The first-order valence-electron chi connectivity index (χ1n) is 5.25. The molecule has 0 spiro atoms. The second-order valence-corrected chi connectivity index (χ2v) is 6.44. The van der Waals surface area contributed by atoms with Gasteiger partial charge in [-0.15, -0.1) is 0 Å². The summed E-state index contributed by atoms with van der Waals surface area (Å²) in [5.74, 6) is -0.588. The molecule has 2 N–H and O–H groups in total. The number of nitrogens with one attached hydrogen (secondary N) is 2. The van der Waals surface area contributed by atoms with Gasteiger partial charge in [0.15, 0.2) is 0 Å². The van der Waals surface area contributed by atoms with E-state index in [4.69, 9.17) is 0 Å². The number of rotatable bonds is 3. The number of H-pyrrole nitrogens is 1. The molecule has 0 unspecified atom stereocenters. The number of anilines is 1. The molecule has 0 saturated heterocycles. The van der Waals surface area contributed by atoms with Crippen LogP contribution in [0.3, 0.4) is 0 Å². The molecule has 9 heteroatoms. The highest BCUT2D eigenvalue weighted by Gasteiger charge is 2.65. The van der Waals surface area contributed by atoms with Crippen LogP contribution in [0, 0.1) is 0 Å². The summed E-state index contributed by atoms with van der Waals surface area (Å²) in [5.41, 5.74) is 0.178. The summed E-state index contributed by atoms with van der Waals surface area (Å²) in [6.07, 6.45) is 1.49. The van der Waals surface area contributed by atoms with Crippen molar-refractivity contribution in [3.8, 4) is 0 Å². The molecule has 0 fully saturated rings. The molecule has 0 aliphatic heterocycles. The molecule has 3 nitrogen and oxygen atoms in total. The van der Waals surface area contributed by atoms with Crippen LogP contribution in [0.1, 0.15) is 10.5 Å². The van der Waals surface area contributed by atoms with Crippen LogP contribution in [0.4, 0.5) is 25.1 Å². The number of aromatic nitrogens is 1. The van der Waals surface area contributed by atoms with Crippen LogP contribution < -0.4 is 5.32 Å². The minimum atomic E-state index is -9.67. The number of aromatic amines is 1. The first-order chi connectivity index (χ1) is 8.95. The van der Waals surface area contributed by atoms with E-state index in [0.29, 0.717) is 0 Å². The smallest absolute Gasteiger partial charge is 0.310 e. The van der Waals surface area contributed by atoms with Crippen LogP contribution in [0.2, 0.25) is 0 Å². The first-order valence-corrected chi connectivity index (χ1v) is 7.20. The fourth-order valence-electron chi connectivity index (χ4n) is 1.47. The first kappa shape index (κ1) is 14.4. The minimum absolute atomic E-state index is 0.0183. The van der Waals surface area contributed by atoms with E-state index in [1.54, 1.807) is 6.07 Å². The van der Waals surface area contributed by atoms with Crippen molar-refractivity contribution < 1.29 is 24.2 Å². The lowest BCUT2D eigenvalue weighted by molar-refractivity contribution is 0.102. The van der Waals surface area contributed by atoms with E-state index in [1.165, 1.54) is 12.3 Å². The molecule has 0 bridgehead atoms. The van der Waals surface area contributed by atoms with Gasteiger partial charge in [0.1, 0.15) is 10.6 Å². The van der Waals surface area contributed by atoms with Crippen molar-refractivity contribution >= 4 is 21.8 Å². The van der Waals surface area contributed by atoms with Gasteiger partial charge in [0, 0.05) is 11.9 Å². The van der Waals surface area contributed by atoms with Crippen molar-refractivity contribution in [2.75, 3.05) is 5.32 Å². The molecular formula is C11H9F5N2OS. The van der Waals surface area contributed by atoms with Crippen molar-refractivity contribution in [2.45, 2.75) is 4.90 Å². The zero-order chi connectivity index (χ0) is 15.1. The fourth-order valence-corrected chi connectivity index (χ4v) is 2.12. The number of carbonyl (C=O) groups is 1. The molecule has 2 aromatic rings. The van der Waals surface area contributed by atoms with E-state index in [-0.39, 0.29) is 23.5 Å². The maximum Gasteiger partial charge on any atom is 0.310 e. The molecule has 110 valence electrons. The molecule has 0 saturated carbocycles.